The fourth-order valence-electron chi connectivity index (χ4n) is 2.09. The second-order valence-corrected chi connectivity index (χ2v) is 4.57. The van der Waals surface area contributed by atoms with Crippen LogP contribution in [-0.2, 0) is 11.2 Å². The molecule has 0 spiro atoms. The summed E-state index contributed by atoms with van der Waals surface area (Å²) in [5.41, 5.74) is 8.23. The van der Waals surface area contributed by atoms with Crippen LogP contribution in [0.5, 0.6) is 0 Å². The van der Waals surface area contributed by atoms with Gasteiger partial charge < -0.3 is 15.6 Å². The maximum atomic E-state index is 12.5. The van der Waals surface area contributed by atoms with Crippen LogP contribution < -0.4 is 40.4 Å². The molecule has 2 aromatic carbocycles. The first-order chi connectivity index (χ1) is 9.50. The van der Waals surface area contributed by atoms with Crippen LogP contribution in [0.2, 0.25) is 0 Å². The minimum atomic E-state index is -1.22. The Hall–Kier alpha value is -1.62. The zero-order chi connectivity index (χ0) is 14.7. The maximum Gasteiger partial charge on any atom is 1.00 e. The third-order valence-electron chi connectivity index (χ3n) is 3.17. The summed E-state index contributed by atoms with van der Waals surface area (Å²) in [5.74, 6) is -1.43. The van der Waals surface area contributed by atoms with Gasteiger partial charge in [-0.05, 0) is 24.1 Å². The van der Waals surface area contributed by atoms with Crippen molar-refractivity contribution < 1.29 is 44.3 Å². The van der Waals surface area contributed by atoms with E-state index < -0.39 is 5.97 Å². The van der Waals surface area contributed by atoms with Gasteiger partial charge in [0.15, 0.2) is 5.78 Å². The number of aliphatic carboxylic acids is 1. The summed E-state index contributed by atoms with van der Waals surface area (Å²) in [6, 6.07) is 12.0. The van der Waals surface area contributed by atoms with E-state index in [4.69, 9.17) is 5.73 Å². The Bertz CT molecular complexity index is 683. The van der Waals surface area contributed by atoms with Gasteiger partial charge in [-0.15, -0.1) is 0 Å². The van der Waals surface area contributed by atoms with Crippen LogP contribution in [0.4, 0.5) is 5.69 Å². The third-order valence-corrected chi connectivity index (χ3v) is 3.17. The van der Waals surface area contributed by atoms with Crippen LogP contribution >= 0.6 is 0 Å². The fourth-order valence-corrected chi connectivity index (χ4v) is 2.09. The number of carboxylic acids is 1. The van der Waals surface area contributed by atoms with Crippen molar-refractivity contribution in [3.8, 4) is 0 Å². The van der Waals surface area contributed by atoms with E-state index in [1.807, 2.05) is 19.1 Å². The predicted octanol–water partition coefficient (Wildman–Crippen LogP) is -1.90. The molecule has 0 aliphatic carbocycles. The van der Waals surface area contributed by atoms with Gasteiger partial charge in [-0.2, -0.15) is 0 Å². The maximum absolute atomic E-state index is 12.5. The molecule has 102 valence electrons. The summed E-state index contributed by atoms with van der Waals surface area (Å²) in [4.78, 5) is 23.2. The average Bonchev–Trinajstić information content (AvgIpc) is 2.40. The Balaban J connectivity index is 0.00000220. The van der Waals surface area contributed by atoms with E-state index in [-0.39, 0.29) is 47.4 Å². The third kappa shape index (κ3) is 3.94. The molecule has 21 heavy (non-hydrogen) atoms. The van der Waals surface area contributed by atoms with Crippen molar-refractivity contribution >= 4 is 17.4 Å². The SMILES string of the molecule is Cc1ccccc1C(=O)c1cccc(CC(=O)[O-])c1N.[Na+]. The van der Waals surface area contributed by atoms with E-state index in [2.05, 4.69) is 0 Å². The van der Waals surface area contributed by atoms with E-state index in [0.29, 0.717) is 16.7 Å². The number of carbonyl (C=O) groups is 2. The normalized spacial score (nSPS) is 9.76. The Morgan fingerprint density at radius 3 is 2.29 bits per heavy atom. The van der Waals surface area contributed by atoms with E-state index in [1.165, 1.54) is 0 Å². The number of rotatable bonds is 4. The fraction of sp³-hybridized carbons (Fsp3) is 0.125. The monoisotopic (exact) mass is 291 g/mol. The molecule has 5 heteroatoms. The number of hydrogen-bond acceptors (Lipinski definition) is 4. The first kappa shape index (κ1) is 17.4. The number of hydrogen-bond donors (Lipinski definition) is 1. The number of para-hydroxylation sites is 1. The van der Waals surface area contributed by atoms with Gasteiger partial charge in [0.25, 0.3) is 0 Å². The second kappa shape index (κ2) is 7.41. The average molecular weight is 291 g/mol. The van der Waals surface area contributed by atoms with Crippen LogP contribution in [0.25, 0.3) is 0 Å². The Morgan fingerprint density at radius 1 is 1.05 bits per heavy atom. The molecule has 2 aromatic rings. The quantitative estimate of drug-likeness (QED) is 0.405. The van der Waals surface area contributed by atoms with Gasteiger partial charge in [0.05, 0.1) is 0 Å². The number of nitrogen functional groups attached to an aromatic ring is 1. The molecule has 0 saturated heterocycles. The molecule has 0 radical (unpaired) electrons. The van der Waals surface area contributed by atoms with Gasteiger partial charge in [-0.25, -0.2) is 0 Å². The first-order valence-electron chi connectivity index (χ1n) is 6.18. The van der Waals surface area contributed by atoms with Crippen LogP contribution in [0.3, 0.4) is 0 Å². The van der Waals surface area contributed by atoms with Crippen molar-refractivity contribution in [2.45, 2.75) is 13.3 Å². The molecule has 0 aliphatic rings. The molecule has 0 unspecified atom stereocenters. The van der Waals surface area contributed by atoms with Gasteiger partial charge >= 0.3 is 29.6 Å². The number of nitrogens with two attached hydrogens (primary N) is 1. The van der Waals surface area contributed by atoms with Crippen LogP contribution in [0.15, 0.2) is 42.5 Å². The molecule has 0 atom stereocenters. The minimum Gasteiger partial charge on any atom is -0.550 e. The number of benzene rings is 2. The van der Waals surface area contributed by atoms with Gasteiger partial charge in [-0.1, -0.05) is 36.4 Å². The summed E-state index contributed by atoms with van der Waals surface area (Å²) >= 11 is 0. The summed E-state index contributed by atoms with van der Waals surface area (Å²) in [5, 5.41) is 10.7. The van der Waals surface area contributed by atoms with Crippen molar-refractivity contribution in [1.82, 2.24) is 0 Å². The van der Waals surface area contributed by atoms with Crippen LogP contribution in [0, 0.1) is 6.92 Å². The molecule has 0 fully saturated rings. The van der Waals surface area contributed by atoms with E-state index in [9.17, 15) is 14.7 Å². The van der Waals surface area contributed by atoms with Crippen LogP contribution in [0.1, 0.15) is 27.0 Å². The van der Waals surface area contributed by atoms with Crippen molar-refractivity contribution in [3.63, 3.8) is 0 Å². The Morgan fingerprint density at radius 2 is 1.67 bits per heavy atom. The second-order valence-electron chi connectivity index (χ2n) is 4.57. The van der Waals surface area contributed by atoms with Gasteiger partial charge in [0.1, 0.15) is 0 Å². The molecule has 0 aliphatic heterocycles. The molecule has 0 heterocycles. The molecule has 0 bridgehead atoms. The van der Waals surface area contributed by atoms with Gasteiger partial charge in [0.2, 0.25) is 0 Å². The molecule has 0 saturated carbocycles. The molecule has 0 amide bonds. The largest absolute Gasteiger partial charge is 1.00 e. The minimum absolute atomic E-state index is 0. The standard InChI is InChI=1S/C16H15NO3.Na/c1-10-5-2-3-7-12(10)16(20)13-8-4-6-11(15(13)17)9-14(18)19;/h2-8H,9,17H2,1H3,(H,18,19);/q;+1/p-1. The van der Waals surface area contributed by atoms with Gasteiger partial charge in [-0.3, -0.25) is 4.79 Å². The van der Waals surface area contributed by atoms with Crippen molar-refractivity contribution in [1.29, 1.82) is 0 Å². The smallest absolute Gasteiger partial charge is 0.550 e. The summed E-state index contributed by atoms with van der Waals surface area (Å²) < 4.78 is 0. The van der Waals surface area contributed by atoms with Crippen LogP contribution in [-0.4, -0.2) is 11.8 Å². The van der Waals surface area contributed by atoms with Crippen molar-refractivity contribution in [2.75, 3.05) is 5.73 Å². The number of carbonyl (C=O) groups excluding carboxylic acids is 2. The Kier molecular flexibility index (Phi) is 6.15. The zero-order valence-electron chi connectivity index (χ0n) is 12.1. The molecule has 4 nitrogen and oxygen atoms in total. The van der Waals surface area contributed by atoms with E-state index >= 15 is 0 Å². The predicted molar refractivity (Wildman–Crippen MR) is 74.2 cm³/mol. The molecule has 2 rings (SSSR count). The summed E-state index contributed by atoms with van der Waals surface area (Å²) in [7, 11) is 0. The Labute approximate surface area is 145 Å². The van der Waals surface area contributed by atoms with Gasteiger partial charge in [0, 0.05) is 29.2 Å². The summed E-state index contributed by atoms with van der Waals surface area (Å²) in [6.45, 7) is 1.84. The molecule has 2 N–H and O–H groups in total. The molecular formula is C16H14NNaO3. The topological polar surface area (TPSA) is 83.2 Å². The van der Waals surface area contributed by atoms with E-state index in [0.717, 1.165) is 5.56 Å². The van der Waals surface area contributed by atoms with Crippen molar-refractivity contribution in [2.24, 2.45) is 0 Å². The number of carboxylic acid groups (broad SMARTS) is 1. The van der Waals surface area contributed by atoms with Crippen molar-refractivity contribution in [3.05, 3.63) is 64.7 Å². The summed E-state index contributed by atoms with van der Waals surface area (Å²) in [6.07, 6.45) is -0.305. The molecular weight excluding hydrogens is 277 g/mol. The first-order valence-corrected chi connectivity index (χ1v) is 6.18. The zero-order valence-corrected chi connectivity index (χ0v) is 14.1. The number of anilines is 1. The molecule has 0 aromatic heterocycles. The number of ketones is 1. The van der Waals surface area contributed by atoms with E-state index in [1.54, 1.807) is 30.3 Å². The number of aryl methyl sites for hydroxylation is 1.